The van der Waals surface area contributed by atoms with Gasteiger partial charge in [-0.1, -0.05) is 12.1 Å². The number of likely N-dealkylation sites (tertiary alicyclic amines) is 1. The van der Waals surface area contributed by atoms with E-state index in [-0.39, 0.29) is 6.04 Å². The summed E-state index contributed by atoms with van der Waals surface area (Å²) < 4.78 is 6.78. The van der Waals surface area contributed by atoms with E-state index in [1.165, 1.54) is 12.8 Å². The van der Waals surface area contributed by atoms with Crippen molar-refractivity contribution in [1.29, 1.82) is 5.26 Å². The number of hydrogen-bond donors (Lipinski definition) is 0. The van der Waals surface area contributed by atoms with Crippen LogP contribution in [0.2, 0.25) is 0 Å². The molecule has 0 radical (unpaired) electrons. The Bertz CT molecular complexity index is 424. The molecule has 3 nitrogen and oxygen atoms in total. The Hall–Kier alpha value is -1.05. The third-order valence-corrected chi connectivity index (χ3v) is 3.91. The third kappa shape index (κ3) is 3.47. The Labute approximate surface area is 116 Å². The van der Waals surface area contributed by atoms with Crippen LogP contribution in [0.4, 0.5) is 0 Å². The van der Waals surface area contributed by atoms with Crippen molar-refractivity contribution in [3.63, 3.8) is 0 Å². The number of nitrogens with zero attached hydrogens (tertiary/aromatic N) is 2. The molecule has 1 aliphatic rings. The van der Waals surface area contributed by atoms with Gasteiger partial charge in [-0.05, 0) is 54.0 Å². The lowest BCUT2D eigenvalue weighted by Gasteiger charge is -2.25. The standard InChI is InChI=1S/C14H17BrN2O/c15-13-5-1-2-6-14(13)18-11-12(7-8-16)17-9-3-4-10-17/h1-2,5-6,12H,3-4,7,9-11H2. The zero-order chi connectivity index (χ0) is 12.8. The third-order valence-electron chi connectivity index (χ3n) is 3.25. The highest BCUT2D eigenvalue weighted by Gasteiger charge is 2.22. The second-order valence-corrected chi connectivity index (χ2v) is 5.35. The van der Waals surface area contributed by atoms with E-state index in [1.54, 1.807) is 0 Å². The topological polar surface area (TPSA) is 36.3 Å². The Morgan fingerprint density at radius 1 is 1.33 bits per heavy atom. The highest BCUT2D eigenvalue weighted by atomic mass is 79.9. The van der Waals surface area contributed by atoms with E-state index in [4.69, 9.17) is 10.00 Å². The normalized spacial score (nSPS) is 17.3. The van der Waals surface area contributed by atoms with Gasteiger partial charge >= 0.3 is 0 Å². The van der Waals surface area contributed by atoms with Crippen molar-refractivity contribution in [1.82, 2.24) is 4.90 Å². The number of halogens is 1. The molecule has 0 spiro atoms. The number of rotatable bonds is 5. The maximum Gasteiger partial charge on any atom is 0.133 e. The van der Waals surface area contributed by atoms with Crippen molar-refractivity contribution in [2.75, 3.05) is 19.7 Å². The summed E-state index contributed by atoms with van der Waals surface area (Å²) in [6.45, 7) is 2.76. The molecule has 0 aromatic heterocycles. The first-order valence-electron chi connectivity index (χ1n) is 6.29. The lowest BCUT2D eigenvalue weighted by Crippen LogP contribution is -2.37. The second kappa shape index (κ2) is 6.77. The minimum absolute atomic E-state index is 0.213. The van der Waals surface area contributed by atoms with E-state index in [1.807, 2.05) is 24.3 Å². The van der Waals surface area contributed by atoms with Crippen LogP contribution in [0.25, 0.3) is 0 Å². The van der Waals surface area contributed by atoms with Gasteiger partial charge in [-0.3, -0.25) is 4.90 Å². The zero-order valence-corrected chi connectivity index (χ0v) is 11.9. The molecule has 0 bridgehead atoms. The van der Waals surface area contributed by atoms with Crippen molar-refractivity contribution >= 4 is 15.9 Å². The first-order valence-corrected chi connectivity index (χ1v) is 7.09. The average molecular weight is 309 g/mol. The summed E-state index contributed by atoms with van der Waals surface area (Å²) in [6.07, 6.45) is 3.00. The van der Waals surface area contributed by atoms with Crippen molar-refractivity contribution < 1.29 is 4.74 Å². The fraction of sp³-hybridized carbons (Fsp3) is 0.500. The van der Waals surface area contributed by atoms with Gasteiger partial charge < -0.3 is 4.74 Å². The summed E-state index contributed by atoms with van der Waals surface area (Å²) in [5, 5.41) is 8.91. The summed E-state index contributed by atoms with van der Waals surface area (Å²) in [5.74, 6) is 0.847. The van der Waals surface area contributed by atoms with Gasteiger partial charge in [0, 0.05) is 0 Å². The van der Waals surface area contributed by atoms with Gasteiger partial charge in [-0.25, -0.2) is 0 Å². The number of hydrogen-bond acceptors (Lipinski definition) is 3. The molecule has 1 fully saturated rings. The van der Waals surface area contributed by atoms with Gasteiger partial charge in [-0.2, -0.15) is 5.26 Å². The zero-order valence-electron chi connectivity index (χ0n) is 10.3. The first-order chi connectivity index (χ1) is 8.81. The van der Waals surface area contributed by atoms with Crippen molar-refractivity contribution in [2.24, 2.45) is 0 Å². The van der Waals surface area contributed by atoms with Crippen LogP contribution < -0.4 is 4.74 Å². The summed E-state index contributed by atoms with van der Waals surface area (Å²) >= 11 is 3.47. The Morgan fingerprint density at radius 2 is 2.06 bits per heavy atom. The first kappa shape index (κ1) is 13.4. The molecule has 1 aliphatic heterocycles. The minimum Gasteiger partial charge on any atom is -0.491 e. The van der Waals surface area contributed by atoms with E-state index >= 15 is 0 Å². The van der Waals surface area contributed by atoms with Crippen LogP contribution in [0.15, 0.2) is 28.7 Å². The van der Waals surface area contributed by atoms with Crippen molar-refractivity contribution in [2.45, 2.75) is 25.3 Å². The molecule has 18 heavy (non-hydrogen) atoms. The van der Waals surface area contributed by atoms with Gasteiger partial charge in [0.25, 0.3) is 0 Å². The molecule has 0 amide bonds. The van der Waals surface area contributed by atoms with Crippen molar-refractivity contribution in [3.8, 4) is 11.8 Å². The molecule has 96 valence electrons. The van der Waals surface area contributed by atoms with Crippen LogP contribution in [0, 0.1) is 11.3 Å². The van der Waals surface area contributed by atoms with Gasteiger partial charge in [0.2, 0.25) is 0 Å². The van der Waals surface area contributed by atoms with E-state index in [9.17, 15) is 0 Å². The molecule has 1 atom stereocenters. The highest BCUT2D eigenvalue weighted by molar-refractivity contribution is 9.10. The molecule has 2 rings (SSSR count). The lowest BCUT2D eigenvalue weighted by molar-refractivity contribution is 0.162. The van der Waals surface area contributed by atoms with E-state index in [0.717, 1.165) is 23.3 Å². The van der Waals surface area contributed by atoms with Gasteiger partial charge in [0.05, 0.1) is 23.0 Å². The molecule has 0 saturated carbocycles. The van der Waals surface area contributed by atoms with Gasteiger partial charge in [0.1, 0.15) is 12.4 Å². The van der Waals surface area contributed by atoms with E-state index < -0.39 is 0 Å². The quantitative estimate of drug-likeness (QED) is 0.838. The molecule has 0 aliphatic carbocycles. The monoisotopic (exact) mass is 308 g/mol. The summed E-state index contributed by atoms with van der Waals surface area (Å²) in [7, 11) is 0. The predicted octanol–water partition coefficient (Wildman–Crippen LogP) is 3.21. The molecule has 0 N–H and O–H groups in total. The lowest BCUT2D eigenvalue weighted by atomic mass is 10.2. The van der Waals surface area contributed by atoms with E-state index in [0.29, 0.717) is 13.0 Å². The van der Waals surface area contributed by atoms with Crippen LogP contribution >= 0.6 is 15.9 Å². The van der Waals surface area contributed by atoms with Crippen LogP contribution in [0.5, 0.6) is 5.75 Å². The van der Waals surface area contributed by atoms with E-state index in [2.05, 4.69) is 26.9 Å². The van der Waals surface area contributed by atoms with Crippen LogP contribution in [-0.2, 0) is 0 Å². The molecule has 4 heteroatoms. The highest BCUT2D eigenvalue weighted by Crippen LogP contribution is 2.24. The second-order valence-electron chi connectivity index (χ2n) is 4.50. The molecule has 1 unspecified atom stereocenters. The fourth-order valence-corrected chi connectivity index (χ4v) is 2.65. The Balaban J connectivity index is 1.93. The number of nitriles is 1. The Morgan fingerprint density at radius 3 is 2.72 bits per heavy atom. The number of benzene rings is 1. The Kier molecular flexibility index (Phi) is 5.03. The molecule has 1 saturated heterocycles. The average Bonchev–Trinajstić information content (AvgIpc) is 2.90. The molecule has 1 heterocycles. The largest absolute Gasteiger partial charge is 0.491 e. The van der Waals surface area contributed by atoms with Crippen molar-refractivity contribution in [3.05, 3.63) is 28.7 Å². The SMILES string of the molecule is N#CCC(COc1ccccc1Br)N1CCCC1. The summed E-state index contributed by atoms with van der Waals surface area (Å²) in [4.78, 5) is 2.36. The maximum atomic E-state index is 8.91. The smallest absolute Gasteiger partial charge is 0.133 e. The molecular formula is C14H17BrN2O. The van der Waals surface area contributed by atoms with Gasteiger partial charge in [-0.15, -0.1) is 0 Å². The maximum absolute atomic E-state index is 8.91. The fourth-order valence-electron chi connectivity index (χ4n) is 2.25. The summed E-state index contributed by atoms with van der Waals surface area (Å²) in [5.41, 5.74) is 0. The molecular weight excluding hydrogens is 292 g/mol. The molecule has 1 aromatic carbocycles. The number of ether oxygens (including phenoxy) is 1. The van der Waals surface area contributed by atoms with Crippen LogP contribution in [0.3, 0.4) is 0 Å². The van der Waals surface area contributed by atoms with Crippen LogP contribution in [0.1, 0.15) is 19.3 Å². The van der Waals surface area contributed by atoms with Gasteiger partial charge in [0.15, 0.2) is 0 Å². The molecule has 1 aromatic rings. The number of para-hydroxylation sites is 1. The predicted molar refractivity (Wildman–Crippen MR) is 74.5 cm³/mol. The van der Waals surface area contributed by atoms with Crippen LogP contribution in [-0.4, -0.2) is 30.6 Å². The minimum atomic E-state index is 0.213. The summed E-state index contributed by atoms with van der Waals surface area (Å²) in [6, 6.07) is 10.3.